The summed E-state index contributed by atoms with van der Waals surface area (Å²) in [5.74, 6) is 2.63. The van der Waals surface area contributed by atoms with Crippen LogP contribution in [0.5, 0.6) is 0 Å². The van der Waals surface area contributed by atoms with Gasteiger partial charge in [-0.1, -0.05) is 25.9 Å². The number of hydrogen-bond donors (Lipinski definition) is 2. The van der Waals surface area contributed by atoms with Crippen LogP contribution >= 0.6 is 24.0 Å². The maximum absolute atomic E-state index is 5.37. The zero-order chi connectivity index (χ0) is 17.7. The zero-order valence-corrected chi connectivity index (χ0v) is 18.7. The quantitative estimate of drug-likeness (QED) is 0.386. The second-order valence-electron chi connectivity index (χ2n) is 7.34. The molecule has 7 heteroatoms. The van der Waals surface area contributed by atoms with Crippen molar-refractivity contribution in [2.24, 2.45) is 10.9 Å². The van der Waals surface area contributed by atoms with Crippen molar-refractivity contribution in [1.29, 1.82) is 0 Å². The number of rotatable bonds is 6. The van der Waals surface area contributed by atoms with Gasteiger partial charge in [-0.3, -0.25) is 4.90 Å². The lowest BCUT2D eigenvalue weighted by Crippen LogP contribution is -2.46. The normalized spacial score (nSPS) is 21.7. The number of likely N-dealkylation sites (tertiary alicyclic amines) is 1. The van der Waals surface area contributed by atoms with Gasteiger partial charge in [-0.15, -0.1) is 24.0 Å². The largest absolute Gasteiger partial charge is 0.359 e. The fourth-order valence-corrected chi connectivity index (χ4v) is 2.94. The molecule has 2 heterocycles. The minimum atomic E-state index is 0. The number of nitrogens with one attached hydrogen (secondary N) is 2. The fraction of sp³-hybridized carbons (Fsp3) is 0.778. The van der Waals surface area contributed by atoms with Gasteiger partial charge in [-0.2, -0.15) is 0 Å². The Morgan fingerprint density at radius 3 is 2.60 bits per heavy atom. The van der Waals surface area contributed by atoms with Gasteiger partial charge < -0.3 is 15.2 Å². The zero-order valence-electron chi connectivity index (χ0n) is 16.4. The minimum Gasteiger partial charge on any atom is -0.359 e. The smallest absolute Gasteiger partial charge is 0.191 e. The van der Waals surface area contributed by atoms with Crippen LogP contribution in [0.4, 0.5) is 0 Å². The minimum absolute atomic E-state index is 0. The first-order valence-corrected chi connectivity index (χ1v) is 9.15. The van der Waals surface area contributed by atoms with Crippen molar-refractivity contribution < 1.29 is 4.52 Å². The third kappa shape index (κ3) is 6.44. The average molecular weight is 463 g/mol. The second kappa shape index (κ2) is 10.4. The Morgan fingerprint density at radius 1 is 1.36 bits per heavy atom. The highest BCUT2D eigenvalue weighted by Gasteiger charge is 2.31. The highest BCUT2D eigenvalue weighted by atomic mass is 127. The third-order valence-electron chi connectivity index (χ3n) is 4.60. The van der Waals surface area contributed by atoms with Crippen molar-refractivity contribution in [3.8, 4) is 0 Å². The van der Waals surface area contributed by atoms with E-state index in [1.807, 2.05) is 6.07 Å². The monoisotopic (exact) mass is 463 g/mol. The van der Waals surface area contributed by atoms with Gasteiger partial charge in [0.25, 0.3) is 0 Å². The Balaban J connectivity index is 0.00000312. The van der Waals surface area contributed by atoms with Crippen molar-refractivity contribution in [2.45, 2.75) is 66.1 Å². The van der Waals surface area contributed by atoms with Gasteiger partial charge in [0.1, 0.15) is 6.54 Å². The van der Waals surface area contributed by atoms with Crippen LogP contribution in [0.2, 0.25) is 0 Å². The predicted molar refractivity (Wildman–Crippen MR) is 114 cm³/mol. The average Bonchev–Trinajstić information content (AvgIpc) is 3.12. The Bertz CT molecular complexity index is 543. The molecule has 6 nitrogen and oxygen atoms in total. The van der Waals surface area contributed by atoms with Gasteiger partial charge >= 0.3 is 0 Å². The molecule has 0 bridgehead atoms. The van der Waals surface area contributed by atoms with Gasteiger partial charge in [0.05, 0.1) is 5.69 Å². The number of guanidine groups is 1. The summed E-state index contributed by atoms with van der Waals surface area (Å²) in [7, 11) is 0. The number of hydrogen-bond acceptors (Lipinski definition) is 4. The summed E-state index contributed by atoms with van der Waals surface area (Å²) < 4.78 is 5.37. The van der Waals surface area contributed by atoms with Crippen molar-refractivity contribution in [3.05, 3.63) is 17.5 Å². The molecular weight excluding hydrogens is 429 g/mol. The Morgan fingerprint density at radius 2 is 2.08 bits per heavy atom. The molecule has 1 saturated heterocycles. The van der Waals surface area contributed by atoms with Crippen LogP contribution < -0.4 is 10.6 Å². The van der Waals surface area contributed by atoms with E-state index in [0.29, 0.717) is 30.5 Å². The lowest BCUT2D eigenvalue weighted by Gasteiger charge is -2.21. The molecule has 2 unspecified atom stereocenters. The third-order valence-corrected chi connectivity index (χ3v) is 4.60. The molecule has 2 atom stereocenters. The molecule has 2 N–H and O–H groups in total. The Kier molecular flexibility index (Phi) is 9.20. The van der Waals surface area contributed by atoms with E-state index in [2.05, 4.69) is 67.2 Å². The number of nitrogens with zero attached hydrogens (tertiary/aromatic N) is 3. The second-order valence-corrected chi connectivity index (χ2v) is 7.34. The van der Waals surface area contributed by atoms with E-state index < -0.39 is 0 Å². The molecule has 0 aliphatic carbocycles. The molecule has 1 aliphatic rings. The molecule has 1 aromatic rings. The lowest BCUT2D eigenvalue weighted by molar-refractivity contribution is 0.265. The summed E-state index contributed by atoms with van der Waals surface area (Å²) in [6.07, 6.45) is 0. The summed E-state index contributed by atoms with van der Waals surface area (Å²) in [5, 5.41) is 11.0. The molecule has 0 amide bonds. The molecule has 0 radical (unpaired) electrons. The van der Waals surface area contributed by atoms with Crippen LogP contribution in [0.3, 0.4) is 0 Å². The van der Waals surface area contributed by atoms with Crippen molar-refractivity contribution in [2.75, 3.05) is 19.6 Å². The molecule has 0 saturated carbocycles. The van der Waals surface area contributed by atoms with Crippen LogP contribution in [-0.4, -0.2) is 47.7 Å². The molecule has 2 rings (SSSR count). The van der Waals surface area contributed by atoms with Gasteiger partial charge in [-0.25, -0.2) is 4.99 Å². The van der Waals surface area contributed by atoms with Crippen LogP contribution in [-0.2, 0) is 6.54 Å². The molecule has 25 heavy (non-hydrogen) atoms. The van der Waals surface area contributed by atoms with Gasteiger partial charge in [0.2, 0.25) is 0 Å². The van der Waals surface area contributed by atoms with E-state index in [-0.39, 0.29) is 24.0 Å². The SMILES string of the molecule is CCNC(=NCc1cc(C(C)C)no1)NC1CN(C(C)C)CC1C.I. The van der Waals surface area contributed by atoms with Crippen molar-refractivity contribution in [1.82, 2.24) is 20.7 Å². The van der Waals surface area contributed by atoms with Gasteiger partial charge in [0.15, 0.2) is 11.7 Å². The number of halogens is 1. The predicted octanol–water partition coefficient (Wildman–Crippen LogP) is 3.20. The van der Waals surface area contributed by atoms with E-state index in [9.17, 15) is 0 Å². The van der Waals surface area contributed by atoms with E-state index >= 15 is 0 Å². The maximum Gasteiger partial charge on any atom is 0.191 e. The molecule has 0 spiro atoms. The topological polar surface area (TPSA) is 65.7 Å². The number of aromatic nitrogens is 1. The molecule has 1 aromatic heterocycles. The summed E-state index contributed by atoms with van der Waals surface area (Å²) in [5.41, 5.74) is 0.982. The van der Waals surface area contributed by atoms with Crippen LogP contribution in [0.25, 0.3) is 0 Å². The summed E-state index contributed by atoms with van der Waals surface area (Å²) in [6.45, 7) is 16.7. The van der Waals surface area contributed by atoms with E-state index in [1.54, 1.807) is 0 Å². The van der Waals surface area contributed by atoms with Gasteiger partial charge in [-0.05, 0) is 32.6 Å². The summed E-state index contributed by atoms with van der Waals surface area (Å²) >= 11 is 0. The lowest BCUT2D eigenvalue weighted by atomic mass is 10.1. The molecule has 1 aliphatic heterocycles. The molecule has 144 valence electrons. The van der Waals surface area contributed by atoms with Crippen molar-refractivity contribution in [3.63, 3.8) is 0 Å². The highest BCUT2D eigenvalue weighted by Crippen LogP contribution is 2.19. The number of aliphatic imine (C=N–C) groups is 1. The van der Waals surface area contributed by atoms with Crippen LogP contribution in [0, 0.1) is 5.92 Å². The standard InChI is InChI=1S/C18H33N5O.HI/c1-7-19-18(20-9-15-8-16(12(2)3)22-24-15)21-17-11-23(13(4)5)10-14(17)6;/h8,12-14,17H,7,9-11H2,1-6H3,(H2,19,20,21);1H. The van der Waals surface area contributed by atoms with Crippen LogP contribution in [0.1, 0.15) is 58.9 Å². The van der Waals surface area contributed by atoms with E-state index in [4.69, 9.17) is 4.52 Å². The molecule has 0 aromatic carbocycles. The first kappa shape index (κ1) is 22.2. The molecular formula is C18H34IN5O. The summed E-state index contributed by atoms with van der Waals surface area (Å²) in [6, 6.07) is 3.00. The van der Waals surface area contributed by atoms with Gasteiger partial charge in [0, 0.05) is 37.8 Å². The fourth-order valence-electron chi connectivity index (χ4n) is 2.94. The first-order chi connectivity index (χ1) is 11.4. The van der Waals surface area contributed by atoms with E-state index in [1.165, 1.54) is 0 Å². The highest BCUT2D eigenvalue weighted by molar-refractivity contribution is 14.0. The molecule has 1 fully saturated rings. The van der Waals surface area contributed by atoms with Crippen molar-refractivity contribution >= 4 is 29.9 Å². The van der Waals surface area contributed by atoms with Crippen LogP contribution in [0.15, 0.2) is 15.6 Å². The Hall–Kier alpha value is -0.830. The van der Waals surface area contributed by atoms with E-state index in [0.717, 1.165) is 37.0 Å². The Labute approximate surface area is 169 Å². The maximum atomic E-state index is 5.37. The first-order valence-electron chi connectivity index (χ1n) is 9.15. The summed E-state index contributed by atoms with van der Waals surface area (Å²) in [4.78, 5) is 7.18.